The van der Waals surface area contributed by atoms with Crippen LogP contribution in [0, 0.1) is 0 Å². The maximum atomic E-state index is 4.10. The predicted octanol–water partition coefficient (Wildman–Crippen LogP) is 2.90. The van der Waals surface area contributed by atoms with Gasteiger partial charge < -0.3 is 0 Å². The molecular weight excluding hydrogens is 284 g/mol. The first-order chi connectivity index (χ1) is 6.81. The minimum Gasteiger partial charge on any atom is -0.142 e. The molecule has 0 saturated heterocycles. The Balaban J connectivity index is 2.26. The lowest BCUT2D eigenvalue weighted by Gasteiger charge is -1.97. The maximum Gasteiger partial charge on any atom is 0.169 e. The smallest absolute Gasteiger partial charge is 0.142 e. The molecule has 74 valence electrons. The van der Waals surface area contributed by atoms with E-state index < -0.39 is 0 Å². The number of aromatic nitrogens is 4. The molecule has 0 amide bonds. The van der Waals surface area contributed by atoms with Gasteiger partial charge in [0.2, 0.25) is 0 Å². The lowest BCUT2D eigenvalue weighted by molar-refractivity contribution is 0.870. The summed E-state index contributed by atoms with van der Waals surface area (Å²) < 4.78 is 3.79. The molecule has 0 bridgehead atoms. The molecule has 0 aliphatic rings. The largest absolute Gasteiger partial charge is 0.169 e. The molecule has 0 N–H and O–H groups in total. The molecule has 0 radical (unpaired) electrons. The first-order valence-corrected chi connectivity index (χ1v) is 6.63. The number of nitrogens with zero attached hydrogens (tertiary/aromatic N) is 4. The van der Waals surface area contributed by atoms with E-state index in [1.165, 1.54) is 11.5 Å². The lowest BCUT2D eigenvalue weighted by atomic mass is 10.4. The van der Waals surface area contributed by atoms with Gasteiger partial charge in [-0.1, -0.05) is 38.7 Å². The molecule has 2 rings (SSSR count). The molecule has 0 spiro atoms. The van der Waals surface area contributed by atoms with Crippen LogP contribution in [0.2, 0.25) is 0 Å². The van der Waals surface area contributed by atoms with Gasteiger partial charge in [0.05, 0.1) is 4.83 Å². The summed E-state index contributed by atoms with van der Waals surface area (Å²) >= 11 is 6.42. The highest BCUT2D eigenvalue weighted by atomic mass is 79.9. The molecule has 0 aliphatic carbocycles. The number of hydrogen-bond acceptors (Lipinski definition) is 6. The van der Waals surface area contributed by atoms with E-state index >= 15 is 0 Å². The molecule has 14 heavy (non-hydrogen) atoms. The average Bonchev–Trinajstić information content (AvgIpc) is 2.86. The van der Waals surface area contributed by atoms with Gasteiger partial charge in [-0.15, -0.1) is 15.3 Å². The zero-order valence-electron chi connectivity index (χ0n) is 7.35. The average molecular weight is 291 g/mol. The minimum atomic E-state index is 0.292. The Morgan fingerprint density at radius 1 is 1.43 bits per heavy atom. The van der Waals surface area contributed by atoms with Crippen molar-refractivity contribution in [1.82, 2.24) is 19.8 Å². The van der Waals surface area contributed by atoms with E-state index in [0.717, 1.165) is 22.1 Å². The molecule has 0 saturated carbocycles. The molecule has 0 fully saturated rings. The summed E-state index contributed by atoms with van der Waals surface area (Å²) in [6, 6.07) is 0. The number of rotatable bonds is 3. The van der Waals surface area contributed by atoms with Gasteiger partial charge >= 0.3 is 0 Å². The van der Waals surface area contributed by atoms with E-state index in [0.29, 0.717) is 4.83 Å². The van der Waals surface area contributed by atoms with E-state index in [1.807, 2.05) is 5.38 Å². The molecular formula is C7H7BrN4S2. The normalized spacial score (nSPS) is 13.0. The first kappa shape index (κ1) is 10.1. The highest BCUT2D eigenvalue weighted by Crippen LogP contribution is 2.31. The van der Waals surface area contributed by atoms with Crippen LogP contribution in [0.5, 0.6) is 0 Å². The summed E-state index contributed by atoms with van der Waals surface area (Å²) in [5.74, 6) is 0. The number of halogens is 1. The summed E-state index contributed by atoms with van der Waals surface area (Å²) in [6.07, 6.45) is 1.00. The third kappa shape index (κ3) is 1.99. The van der Waals surface area contributed by atoms with E-state index in [1.54, 1.807) is 11.3 Å². The molecule has 1 unspecified atom stereocenters. The van der Waals surface area contributed by atoms with Crippen molar-refractivity contribution in [3.8, 4) is 10.7 Å². The van der Waals surface area contributed by atoms with Crippen molar-refractivity contribution in [2.75, 3.05) is 0 Å². The molecule has 1 atom stereocenters. The van der Waals surface area contributed by atoms with E-state index in [-0.39, 0.29) is 0 Å². The van der Waals surface area contributed by atoms with Crippen molar-refractivity contribution in [1.29, 1.82) is 0 Å². The predicted molar refractivity (Wildman–Crippen MR) is 60.8 cm³/mol. The van der Waals surface area contributed by atoms with Gasteiger partial charge in [0.25, 0.3) is 0 Å². The van der Waals surface area contributed by atoms with Gasteiger partial charge in [0, 0.05) is 5.38 Å². The zero-order valence-corrected chi connectivity index (χ0v) is 10.6. The zero-order chi connectivity index (χ0) is 9.97. The van der Waals surface area contributed by atoms with Gasteiger partial charge in [0.1, 0.15) is 10.7 Å². The summed E-state index contributed by atoms with van der Waals surface area (Å²) in [4.78, 5) is 0.292. The molecule has 4 nitrogen and oxygen atoms in total. The maximum absolute atomic E-state index is 4.10. The second kappa shape index (κ2) is 4.41. The highest BCUT2D eigenvalue weighted by Gasteiger charge is 2.13. The van der Waals surface area contributed by atoms with Crippen LogP contribution in [0.1, 0.15) is 23.2 Å². The molecule has 2 heterocycles. The minimum absolute atomic E-state index is 0.292. The summed E-state index contributed by atoms with van der Waals surface area (Å²) in [5, 5.41) is 15.8. The number of alkyl halides is 1. The van der Waals surface area contributed by atoms with Gasteiger partial charge in [-0.3, -0.25) is 0 Å². The van der Waals surface area contributed by atoms with Crippen LogP contribution in [0.15, 0.2) is 5.38 Å². The lowest BCUT2D eigenvalue weighted by Crippen LogP contribution is -1.84. The van der Waals surface area contributed by atoms with Gasteiger partial charge in [-0.2, -0.15) is 0 Å². The van der Waals surface area contributed by atoms with Crippen molar-refractivity contribution >= 4 is 38.8 Å². The Bertz CT molecular complexity index is 399. The topological polar surface area (TPSA) is 51.6 Å². The van der Waals surface area contributed by atoms with Crippen LogP contribution in [0.4, 0.5) is 0 Å². The fraction of sp³-hybridized carbons (Fsp3) is 0.429. The molecule has 0 aromatic carbocycles. The van der Waals surface area contributed by atoms with Crippen LogP contribution in [0.25, 0.3) is 10.7 Å². The third-order valence-electron chi connectivity index (χ3n) is 1.65. The second-order valence-corrected chi connectivity index (χ2v) is 5.34. The van der Waals surface area contributed by atoms with E-state index in [4.69, 9.17) is 0 Å². The molecule has 7 heteroatoms. The second-order valence-electron chi connectivity index (χ2n) is 2.61. The molecule has 2 aromatic rings. The van der Waals surface area contributed by atoms with Gasteiger partial charge in [-0.25, -0.2) is 0 Å². The quantitative estimate of drug-likeness (QED) is 0.816. The summed E-state index contributed by atoms with van der Waals surface area (Å²) in [6.45, 7) is 2.10. The Morgan fingerprint density at radius 2 is 2.29 bits per heavy atom. The molecule has 2 aromatic heterocycles. The van der Waals surface area contributed by atoms with Crippen molar-refractivity contribution < 1.29 is 0 Å². The third-order valence-corrected chi connectivity index (χ3v) is 4.59. The van der Waals surface area contributed by atoms with Crippen LogP contribution < -0.4 is 0 Å². The Morgan fingerprint density at radius 3 is 2.93 bits per heavy atom. The monoisotopic (exact) mass is 290 g/mol. The van der Waals surface area contributed by atoms with E-state index in [2.05, 4.69) is 42.6 Å². The van der Waals surface area contributed by atoms with Crippen molar-refractivity contribution in [2.45, 2.75) is 18.2 Å². The summed E-state index contributed by atoms with van der Waals surface area (Å²) in [5.41, 5.74) is 0.814. The van der Waals surface area contributed by atoms with Crippen molar-refractivity contribution in [3.05, 3.63) is 10.4 Å². The SMILES string of the molecule is CCC(Br)c1nnc(-c2csnn2)s1. The van der Waals surface area contributed by atoms with Crippen LogP contribution >= 0.6 is 38.8 Å². The fourth-order valence-corrected chi connectivity index (χ4v) is 2.64. The van der Waals surface area contributed by atoms with Crippen molar-refractivity contribution in [2.24, 2.45) is 0 Å². The standard InChI is InChI=1S/C7H7BrN4S2/c1-2-4(8)6-10-11-7(14-6)5-3-13-12-9-5/h3-4H,2H2,1H3. The first-order valence-electron chi connectivity index (χ1n) is 4.06. The van der Waals surface area contributed by atoms with E-state index in [9.17, 15) is 0 Å². The number of hydrogen-bond donors (Lipinski definition) is 0. The van der Waals surface area contributed by atoms with Gasteiger partial charge in [-0.05, 0) is 18.0 Å². The van der Waals surface area contributed by atoms with Crippen LogP contribution in [-0.4, -0.2) is 19.8 Å². The fourth-order valence-electron chi connectivity index (χ4n) is 0.897. The highest BCUT2D eigenvalue weighted by molar-refractivity contribution is 9.09. The van der Waals surface area contributed by atoms with Crippen molar-refractivity contribution in [3.63, 3.8) is 0 Å². The van der Waals surface area contributed by atoms with Gasteiger partial charge in [0.15, 0.2) is 5.01 Å². The summed E-state index contributed by atoms with van der Waals surface area (Å²) in [7, 11) is 0. The Kier molecular flexibility index (Phi) is 3.19. The Labute approximate surface area is 97.7 Å². The molecule has 0 aliphatic heterocycles. The van der Waals surface area contributed by atoms with Crippen LogP contribution in [-0.2, 0) is 0 Å². The van der Waals surface area contributed by atoms with Crippen LogP contribution in [0.3, 0.4) is 0 Å². The Hall–Kier alpha value is -0.400.